The number of aryl methyl sites for hydroxylation is 1. The molecule has 1 amide bonds. The molecule has 0 unspecified atom stereocenters. The van der Waals surface area contributed by atoms with Crippen molar-refractivity contribution in [1.82, 2.24) is 0 Å². The van der Waals surface area contributed by atoms with E-state index < -0.39 is 15.0 Å². The average molecular weight is 562 g/mol. The number of amides is 1. The van der Waals surface area contributed by atoms with E-state index in [4.69, 9.17) is 4.18 Å². The molecule has 3 aromatic carbocycles. The molecule has 39 heavy (non-hydrogen) atoms. The van der Waals surface area contributed by atoms with Crippen LogP contribution in [-0.4, -0.2) is 25.5 Å². The fourth-order valence-electron chi connectivity index (χ4n) is 4.24. The molecule has 0 bridgehead atoms. The van der Waals surface area contributed by atoms with Crippen molar-refractivity contribution in [2.75, 3.05) is 5.32 Å². The number of carbonyl (C=O) groups excluding carboxylic acids is 1. The smallest absolute Gasteiger partial charge is 0.339 e. The third kappa shape index (κ3) is 6.05. The van der Waals surface area contributed by atoms with Gasteiger partial charge in [0.1, 0.15) is 15.6 Å². The van der Waals surface area contributed by atoms with Gasteiger partial charge in [0.05, 0.1) is 10.5 Å². The first-order valence-corrected chi connectivity index (χ1v) is 14.4. The van der Waals surface area contributed by atoms with Crippen molar-refractivity contribution in [2.45, 2.75) is 30.6 Å². The molecule has 0 spiro atoms. The second-order valence-electron chi connectivity index (χ2n) is 8.83. The van der Waals surface area contributed by atoms with Gasteiger partial charge in [0, 0.05) is 28.9 Å². The summed E-state index contributed by atoms with van der Waals surface area (Å²) in [6.07, 6.45) is 5.51. The predicted molar refractivity (Wildman–Crippen MR) is 150 cm³/mol. The minimum atomic E-state index is -4.17. The van der Waals surface area contributed by atoms with E-state index in [1.54, 1.807) is 18.3 Å². The average Bonchev–Trinajstić information content (AvgIpc) is 3.32. The van der Waals surface area contributed by atoms with Crippen LogP contribution in [0.2, 0.25) is 0 Å². The van der Waals surface area contributed by atoms with E-state index in [0.717, 1.165) is 55.5 Å². The first-order valence-electron chi connectivity index (χ1n) is 12.1. The molecule has 0 saturated carbocycles. The maximum Gasteiger partial charge on any atom is 0.339 e. The Morgan fingerprint density at radius 3 is 2.36 bits per heavy atom. The van der Waals surface area contributed by atoms with E-state index in [0.29, 0.717) is 21.8 Å². The summed E-state index contributed by atoms with van der Waals surface area (Å²) in [6, 6.07) is 20.0. The van der Waals surface area contributed by atoms with Crippen LogP contribution in [0.3, 0.4) is 0 Å². The summed E-state index contributed by atoms with van der Waals surface area (Å²) in [6.45, 7) is 0. The lowest BCUT2D eigenvalue weighted by molar-refractivity contribution is -0.384. The molecule has 0 fully saturated rings. The van der Waals surface area contributed by atoms with Gasteiger partial charge in [-0.05, 0) is 85.3 Å². The van der Waals surface area contributed by atoms with Gasteiger partial charge in [0.2, 0.25) is 0 Å². The van der Waals surface area contributed by atoms with E-state index in [2.05, 4.69) is 10.3 Å². The topological polar surface area (TPSA) is 128 Å². The number of nitrogens with zero attached hydrogens (tertiary/aromatic N) is 2. The number of carbonyl (C=O) groups is 1. The summed E-state index contributed by atoms with van der Waals surface area (Å²) in [5.41, 5.74) is 2.85. The maximum atomic E-state index is 13.2. The zero-order chi connectivity index (χ0) is 27.4. The van der Waals surface area contributed by atoms with Crippen molar-refractivity contribution in [3.63, 3.8) is 0 Å². The minimum Gasteiger partial charge on any atom is -0.379 e. The highest BCUT2D eigenvalue weighted by molar-refractivity contribution is 7.87. The van der Waals surface area contributed by atoms with Gasteiger partial charge in [-0.2, -0.15) is 8.42 Å². The number of aliphatic imine (C=N–C) groups is 1. The van der Waals surface area contributed by atoms with Crippen molar-refractivity contribution < 1.29 is 22.3 Å². The van der Waals surface area contributed by atoms with Crippen LogP contribution < -0.4 is 9.50 Å². The quantitative estimate of drug-likeness (QED) is 0.116. The molecule has 198 valence electrons. The molecular weight excluding hydrogens is 538 g/mol. The van der Waals surface area contributed by atoms with Gasteiger partial charge in [-0.15, -0.1) is 11.3 Å². The molecule has 0 aliphatic heterocycles. The molecule has 4 aromatic rings. The maximum absolute atomic E-state index is 13.2. The van der Waals surface area contributed by atoms with Crippen LogP contribution in [0.15, 0.2) is 88.8 Å². The van der Waals surface area contributed by atoms with Crippen molar-refractivity contribution >= 4 is 50.0 Å². The molecule has 0 radical (unpaired) electrons. The zero-order valence-corrected chi connectivity index (χ0v) is 22.2. The summed E-state index contributed by atoms with van der Waals surface area (Å²) in [5.74, 6) is -0.104. The highest BCUT2D eigenvalue weighted by Crippen LogP contribution is 2.40. The Balaban J connectivity index is 1.33. The molecule has 1 heterocycles. The second-order valence-corrected chi connectivity index (χ2v) is 11.5. The van der Waals surface area contributed by atoms with Crippen molar-refractivity contribution in [3.8, 4) is 5.75 Å². The molecule has 5 rings (SSSR count). The van der Waals surface area contributed by atoms with Gasteiger partial charge >= 0.3 is 10.1 Å². The number of non-ortho nitro benzene ring substituents is 1. The zero-order valence-electron chi connectivity index (χ0n) is 20.6. The monoisotopic (exact) mass is 561 g/mol. The van der Waals surface area contributed by atoms with Crippen LogP contribution >= 0.6 is 11.3 Å². The summed E-state index contributed by atoms with van der Waals surface area (Å²) in [4.78, 5) is 29.1. The number of hydrogen-bond acceptors (Lipinski definition) is 8. The number of hydrogen-bond donors (Lipinski definition) is 1. The van der Waals surface area contributed by atoms with Crippen LogP contribution in [0.4, 0.5) is 16.4 Å². The van der Waals surface area contributed by atoms with E-state index in [1.807, 2.05) is 30.3 Å². The largest absolute Gasteiger partial charge is 0.379 e. The van der Waals surface area contributed by atoms with E-state index >= 15 is 0 Å². The van der Waals surface area contributed by atoms with E-state index in [1.165, 1.54) is 28.3 Å². The summed E-state index contributed by atoms with van der Waals surface area (Å²) < 4.78 is 30.3. The standard InChI is InChI=1S/C28H23N3O6S2/c32-27(30-20-6-2-1-3-7-20)26-24-8-4-5-9-25(24)38-28(26)29-18-19-10-14-22(15-11-19)37-39(35,36)23-16-12-21(13-17-23)31(33)34/h1-3,6-7,10-18H,4-5,8-9H2,(H,30,32). The fraction of sp³-hybridized carbons (Fsp3) is 0.143. The van der Waals surface area contributed by atoms with Gasteiger partial charge in [-0.1, -0.05) is 18.2 Å². The third-order valence-electron chi connectivity index (χ3n) is 6.16. The van der Waals surface area contributed by atoms with Gasteiger partial charge < -0.3 is 9.50 Å². The normalized spacial score (nSPS) is 13.1. The lowest BCUT2D eigenvalue weighted by Gasteiger charge is -2.12. The second kappa shape index (κ2) is 11.2. The first kappa shape index (κ1) is 26.3. The molecular formula is C28H23N3O6S2. The number of nitrogens with one attached hydrogen (secondary N) is 1. The number of nitro benzene ring substituents is 1. The molecule has 1 aliphatic carbocycles. The molecule has 11 heteroatoms. The van der Waals surface area contributed by atoms with Crippen molar-refractivity contribution in [1.29, 1.82) is 0 Å². The molecule has 1 aromatic heterocycles. The number of anilines is 1. The molecule has 1 aliphatic rings. The van der Waals surface area contributed by atoms with E-state index in [9.17, 15) is 23.3 Å². The van der Waals surface area contributed by atoms with Crippen LogP contribution in [-0.2, 0) is 23.0 Å². The highest BCUT2D eigenvalue weighted by atomic mass is 32.2. The van der Waals surface area contributed by atoms with Crippen molar-refractivity contribution in [2.24, 2.45) is 4.99 Å². The lowest BCUT2D eigenvalue weighted by Crippen LogP contribution is -2.14. The Morgan fingerprint density at radius 1 is 0.974 bits per heavy atom. The van der Waals surface area contributed by atoms with Gasteiger partial charge in [0.25, 0.3) is 11.6 Å². The number of thiophene rings is 1. The molecule has 1 N–H and O–H groups in total. The molecule has 9 nitrogen and oxygen atoms in total. The van der Waals surface area contributed by atoms with Crippen LogP contribution in [0.25, 0.3) is 0 Å². The Bertz CT molecular complexity index is 1650. The fourth-order valence-corrected chi connectivity index (χ4v) is 6.40. The first-order chi connectivity index (χ1) is 18.8. The van der Waals surface area contributed by atoms with Gasteiger partial charge in [-0.3, -0.25) is 14.9 Å². The third-order valence-corrected chi connectivity index (χ3v) is 8.63. The minimum absolute atomic E-state index is 0.0834. The highest BCUT2D eigenvalue weighted by Gasteiger charge is 2.25. The predicted octanol–water partition coefficient (Wildman–Crippen LogP) is 6.31. The lowest BCUT2D eigenvalue weighted by atomic mass is 9.95. The van der Waals surface area contributed by atoms with Crippen LogP contribution in [0, 0.1) is 10.1 Å². The SMILES string of the molecule is O=C(Nc1ccccc1)c1c(N=Cc2ccc(OS(=O)(=O)c3ccc([N+](=O)[O-])cc3)cc2)sc2c1CCCC2. The van der Waals surface area contributed by atoms with Gasteiger partial charge in [0.15, 0.2) is 0 Å². The Morgan fingerprint density at radius 2 is 1.67 bits per heavy atom. The Hall–Kier alpha value is -4.35. The number of para-hydroxylation sites is 1. The summed E-state index contributed by atoms with van der Waals surface area (Å²) >= 11 is 1.53. The number of rotatable bonds is 8. The van der Waals surface area contributed by atoms with Crippen LogP contribution in [0.1, 0.15) is 39.2 Å². The van der Waals surface area contributed by atoms with E-state index in [-0.39, 0.29) is 22.2 Å². The molecule has 0 atom stereocenters. The number of benzene rings is 3. The molecule has 0 saturated heterocycles. The summed E-state index contributed by atoms with van der Waals surface area (Å²) in [5, 5.41) is 14.4. The summed E-state index contributed by atoms with van der Waals surface area (Å²) in [7, 11) is -4.17. The van der Waals surface area contributed by atoms with Crippen molar-refractivity contribution in [3.05, 3.63) is 111 Å². The number of fused-ring (bicyclic) bond motifs is 1. The van der Waals surface area contributed by atoms with Gasteiger partial charge in [-0.25, -0.2) is 4.99 Å². The van der Waals surface area contributed by atoms with Crippen LogP contribution in [0.5, 0.6) is 5.75 Å². The number of nitro groups is 1. The Labute approximate surface area is 229 Å². The Kier molecular flexibility index (Phi) is 7.53.